The van der Waals surface area contributed by atoms with Crippen molar-refractivity contribution in [3.05, 3.63) is 59.7 Å². The average molecular weight is 366 g/mol. The molecule has 9 heteroatoms. The van der Waals surface area contributed by atoms with Crippen LogP contribution in [0.1, 0.15) is 21.6 Å². The van der Waals surface area contributed by atoms with Crippen LogP contribution in [-0.4, -0.2) is 43.9 Å². The predicted molar refractivity (Wildman–Crippen MR) is 95.4 cm³/mol. The maximum atomic E-state index is 12.4. The Morgan fingerprint density at radius 1 is 1.15 bits per heavy atom. The highest BCUT2D eigenvalue weighted by atomic mass is 16.5. The molecule has 0 aliphatic carbocycles. The molecule has 1 N–H and O–H groups in total. The summed E-state index contributed by atoms with van der Waals surface area (Å²) in [7, 11) is 1.30. The Hall–Kier alpha value is -3.62. The third-order valence-corrected chi connectivity index (χ3v) is 3.73. The second-order valence-electron chi connectivity index (χ2n) is 5.81. The Balaban J connectivity index is 1.65. The van der Waals surface area contributed by atoms with Gasteiger partial charge in [0.05, 0.1) is 31.2 Å². The van der Waals surface area contributed by atoms with Crippen LogP contribution in [-0.2, 0) is 22.6 Å². The van der Waals surface area contributed by atoms with Crippen molar-refractivity contribution in [2.24, 2.45) is 0 Å². The smallest absolute Gasteiger partial charge is 0.327 e. The Labute approximate surface area is 155 Å². The summed E-state index contributed by atoms with van der Waals surface area (Å²) in [6.07, 6.45) is 4.85. The third-order valence-electron chi connectivity index (χ3n) is 3.73. The molecule has 0 bridgehead atoms. The lowest BCUT2D eigenvalue weighted by molar-refractivity contribution is -0.141. The molecule has 9 nitrogen and oxygen atoms in total. The van der Waals surface area contributed by atoms with Gasteiger partial charge in [-0.25, -0.2) is 4.68 Å². The number of ether oxygens (including phenoxy) is 1. The van der Waals surface area contributed by atoms with Crippen molar-refractivity contribution < 1.29 is 14.3 Å². The van der Waals surface area contributed by atoms with E-state index in [1.54, 1.807) is 30.7 Å². The molecule has 3 aromatic heterocycles. The van der Waals surface area contributed by atoms with E-state index in [4.69, 9.17) is 0 Å². The van der Waals surface area contributed by atoms with Crippen LogP contribution in [0.25, 0.3) is 11.4 Å². The lowest BCUT2D eigenvalue weighted by Gasteiger charge is -2.05. The number of methoxy groups -OCH3 is 1. The quantitative estimate of drug-likeness (QED) is 0.651. The number of carbonyl (C=O) groups excluding carboxylic acids is 2. The van der Waals surface area contributed by atoms with E-state index in [1.165, 1.54) is 11.8 Å². The number of pyridine rings is 2. The van der Waals surface area contributed by atoms with Crippen molar-refractivity contribution in [3.8, 4) is 11.4 Å². The molecule has 0 saturated heterocycles. The number of nitrogens with zero attached hydrogens (tertiary/aromatic N) is 5. The molecule has 3 rings (SSSR count). The van der Waals surface area contributed by atoms with Crippen LogP contribution in [0.4, 0.5) is 0 Å². The zero-order valence-corrected chi connectivity index (χ0v) is 14.9. The topological polar surface area (TPSA) is 112 Å². The van der Waals surface area contributed by atoms with E-state index in [-0.39, 0.29) is 19.0 Å². The molecule has 0 fully saturated rings. The third kappa shape index (κ3) is 4.72. The van der Waals surface area contributed by atoms with E-state index in [0.717, 1.165) is 5.56 Å². The highest BCUT2D eigenvalue weighted by Crippen LogP contribution is 2.16. The van der Waals surface area contributed by atoms with Gasteiger partial charge in [-0.1, -0.05) is 5.21 Å². The van der Waals surface area contributed by atoms with Crippen molar-refractivity contribution in [1.82, 2.24) is 30.3 Å². The Kier molecular flexibility index (Phi) is 5.50. The molecule has 1 amide bonds. The summed E-state index contributed by atoms with van der Waals surface area (Å²) in [6, 6.07) is 7.12. The minimum Gasteiger partial charge on any atom is -0.468 e. The lowest BCUT2D eigenvalue weighted by atomic mass is 10.1. The minimum atomic E-state index is -0.426. The first-order valence-corrected chi connectivity index (χ1v) is 8.18. The largest absolute Gasteiger partial charge is 0.468 e. The van der Waals surface area contributed by atoms with Gasteiger partial charge in [-0.15, -0.1) is 5.10 Å². The van der Waals surface area contributed by atoms with Gasteiger partial charge in [0, 0.05) is 18.0 Å². The summed E-state index contributed by atoms with van der Waals surface area (Å²) < 4.78 is 5.91. The molecule has 0 aromatic carbocycles. The number of carbonyl (C=O) groups is 2. The number of nitrogens with one attached hydrogen (secondary N) is 1. The number of aromatic nitrogens is 5. The summed E-state index contributed by atoms with van der Waals surface area (Å²) in [6.45, 7) is 2.12. The Bertz CT molecular complexity index is 969. The van der Waals surface area contributed by atoms with Gasteiger partial charge in [-0.3, -0.25) is 19.6 Å². The monoisotopic (exact) mass is 366 g/mol. The van der Waals surface area contributed by atoms with Gasteiger partial charge in [-0.2, -0.15) is 0 Å². The number of aryl methyl sites for hydroxylation is 1. The van der Waals surface area contributed by atoms with E-state index >= 15 is 0 Å². The molecule has 0 unspecified atom stereocenters. The fourth-order valence-electron chi connectivity index (χ4n) is 2.35. The first-order valence-electron chi connectivity index (χ1n) is 8.18. The van der Waals surface area contributed by atoms with E-state index in [0.29, 0.717) is 22.6 Å². The molecule has 0 aliphatic heterocycles. The average Bonchev–Trinajstić information content (AvgIpc) is 3.13. The number of esters is 1. The van der Waals surface area contributed by atoms with Gasteiger partial charge in [0.2, 0.25) is 0 Å². The van der Waals surface area contributed by atoms with Crippen molar-refractivity contribution in [1.29, 1.82) is 0 Å². The summed E-state index contributed by atoms with van der Waals surface area (Å²) in [4.78, 5) is 32.2. The van der Waals surface area contributed by atoms with Crippen LogP contribution in [0.15, 0.2) is 42.9 Å². The molecule has 0 aliphatic rings. The number of hydrogen-bond acceptors (Lipinski definition) is 7. The highest BCUT2D eigenvalue weighted by molar-refractivity contribution is 5.94. The van der Waals surface area contributed by atoms with E-state index < -0.39 is 5.97 Å². The maximum absolute atomic E-state index is 12.4. The second kappa shape index (κ2) is 8.17. The normalized spacial score (nSPS) is 10.4. The van der Waals surface area contributed by atoms with Crippen LogP contribution in [0.3, 0.4) is 0 Å². The Morgan fingerprint density at radius 3 is 2.63 bits per heavy atom. The van der Waals surface area contributed by atoms with Gasteiger partial charge in [0.25, 0.3) is 5.91 Å². The zero-order valence-electron chi connectivity index (χ0n) is 14.9. The number of amides is 1. The van der Waals surface area contributed by atoms with Crippen LogP contribution >= 0.6 is 0 Å². The van der Waals surface area contributed by atoms with Gasteiger partial charge in [0.15, 0.2) is 0 Å². The van der Waals surface area contributed by atoms with Crippen LogP contribution in [0.5, 0.6) is 0 Å². The van der Waals surface area contributed by atoms with Crippen LogP contribution in [0, 0.1) is 6.92 Å². The molecular formula is C18H18N6O3. The summed E-state index contributed by atoms with van der Waals surface area (Å²) >= 11 is 0. The van der Waals surface area contributed by atoms with Gasteiger partial charge in [-0.05, 0) is 36.8 Å². The molecule has 0 atom stereocenters. The predicted octanol–water partition coefficient (Wildman–Crippen LogP) is 1.15. The second-order valence-corrected chi connectivity index (χ2v) is 5.81. The first-order chi connectivity index (χ1) is 13.0. The summed E-state index contributed by atoms with van der Waals surface area (Å²) in [5.74, 6) is -0.696. The van der Waals surface area contributed by atoms with Crippen LogP contribution < -0.4 is 5.32 Å². The molecule has 0 radical (unpaired) electrons. The summed E-state index contributed by atoms with van der Waals surface area (Å²) in [5.41, 5.74) is 3.38. The zero-order chi connectivity index (χ0) is 19.2. The molecular weight excluding hydrogens is 348 g/mol. The van der Waals surface area contributed by atoms with E-state index in [1.807, 2.05) is 19.1 Å². The minimum absolute atomic E-state index is 0.0331. The summed E-state index contributed by atoms with van der Waals surface area (Å²) in [5, 5.41) is 10.5. The molecule has 3 aromatic rings. The fourth-order valence-corrected chi connectivity index (χ4v) is 2.35. The lowest BCUT2D eigenvalue weighted by Crippen LogP contribution is -2.23. The van der Waals surface area contributed by atoms with Crippen molar-refractivity contribution in [2.75, 3.05) is 7.11 Å². The Morgan fingerprint density at radius 2 is 1.89 bits per heavy atom. The highest BCUT2D eigenvalue weighted by Gasteiger charge is 2.11. The number of rotatable bonds is 6. The first kappa shape index (κ1) is 18.2. The standard InChI is InChI=1S/C18H18N6O3/c1-12-3-5-19-15(7-12)16-8-13(4-6-20-16)18(26)21-9-14-10-24(23-22-14)11-17(25)27-2/h3-8,10H,9,11H2,1-2H3,(H,21,26). The van der Waals surface area contributed by atoms with Crippen molar-refractivity contribution in [3.63, 3.8) is 0 Å². The van der Waals surface area contributed by atoms with Crippen molar-refractivity contribution >= 4 is 11.9 Å². The van der Waals surface area contributed by atoms with E-state index in [9.17, 15) is 9.59 Å². The van der Waals surface area contributed by atoms with Gasteiger partial charge in [0.1, 0.15) is 12.2 Å². The molecule has 3 heterocycles. The van der Waals surface area contributed by atoms with E-state index in [2.05, 4.69) is 30.3 Å². The molecule has 138 valence electrons. The number of hydrogen-bond donors (Lipinski definition) is 1. The van der Waals surface area contributed by atoms with Crippen LogP contribution in [0.2, 0.25) is 0 Å². The van der Waals surface area contributed by atoms with Gasteiger partial charge >= 0.3 is 5.97 Å². The SMILES string of the molecule is COC(=O)Cn1cc(CNC(=O)c2ccnc(-c3cc(C)ccn3)c2)nn1. The molecule has 27 heavy (non-hydrogen) atoms. The van der Waals surface area contributed by atoms with Gasteiger partial charge < -0.3 is 10.1 Å². The maximum Gasteiger partial charge on any atom is 0.327 e. The molecule has 0 spiro atoms. The van der Waals surface area contributed by atoms with Crippen molar-refractivity contribution in [2.45, 2.75) is 20.0 Å². The fraction of sp³-hybridized carbons (Fsp3) is 0.222. The molecule has 0 saturated carbocycles.